The first-order valence-electron chi connectivity index (χ1n) is 15.9. The van der Waals surface area contributed by atoms with E-state index in [0.29, 0.717) is 40.6 Å². The number of fused-ring (bicyclic) bond motifs is 1. The van der Waals surface area contributed by atoms with Crippen molar-refractivity contribution in [3.05, 3.63) is 65.7 Å². The molecule has 1 aliphatic heterocycles. The van der Waals surface area contributed by atoms with Crippen LogP contribution in [-0.4, -0.2) is 89.8 Å². The van der Waals surface area contributed by atoms with E-state index in [1.807, 2.05) is 20.8 Å². The molecule has 262 valence electrons. The molecular formula is C33H40F2N8O5S. The first kappa shape index (κ1) is 35.8. The average molecular weight is 699 g/mol. The van der Waals surface area contributed by atoms with Gasteiger partial charge in [0, 0.05) is 73.5 Å². The van der Waals surface area contributed by atoms with Crippen molar-refractivity contribution in [2.75, 3.05) is 49.4 Å². The fourth-order valence-electron chi connectivity index (χ4n) is 5.44. The standard InChI is InChI=1S/C33H40F2N8O5S/c1-6-42(5)49(46,47)41-26-8-7-25(34)28(29(26)35)30(45)24-18-38-31-23(24)13-21(15-37-31)22-16-39-32(40-17-22)43-11-9-20(10-12-43)14-36-19-27(44)48-33(2,3)4/h7-8,13,15-18,20,36,41H,6,9-12,14,19H2,1-5H3,(H,37,38). The molecule has 4 heterocycles. The molecule has 3 N–H and O–H groups in total. The number of piperidine rings is 1. The topological polar surface area (TPSA) is 163 Å². The number of carbonyl (C=O) groups is 2. The molecule has 3 aromatic heterocycles. The van der Waals surface area contributed by atoms with E-state index in [1.54, 1.807) is 31.6 Å². The van der Waals surface area contributed by atoms with Crippen LogP contribution in [0.15, 0.2) is 43.0 Å². The number of carbonyl (C=O) groups excluding carboxylic acids is 2. The Hall–Kier alpha value is -4.54. The number of rotatable bonds is 12. The first-order valence-corrected chi connectivity index (χ1v) is 17.3. The molecule has 13 nitrogen and oxygen atoms in total. The summed E-state index contributed by atoms with van der Waals surface area (Å²) < 4.78 is 63.7. The predicted octanol–water partition coefficient (Wildman–Crippen LogP) is 4.29. The fraction of sp³-hybridized carbons (Fsp3) is 0.424. The third-order valence-electron chi connectivity index (χ3n) is 8.18. The number of H-pyrrole nitrogens is 1. The number of esters is 1. The van der Waals surface area contributed by atoms with Gasteiger partial charge in [-0.1, -0.05) is 6.92 Å². The third-order valence-corrected chi connectivity index (χ3v) is 9.74. The Labute approximate surface area is 283 Å². The number of halogens is 2. The average Bonchev–Trinajstić information content (AvgIpc) is 3.49. The largest absolute Gasteiger partial charge is 0.459 e. The van der Waals surface area contributed by atoms with Crippen LogP contribution >= 0.6 is 0 Å². The highest BCUT2D eigenvalue weighted by Gasteiger charge is 2.27. The highest BCUT2D eigenvalue weighted by molar-refractivity contribution is 7.90. The summed E-state index contributed by atoms with van der Waals surface area (Å²) in [7, 11) is -2.83. The maximum absolute atomic E-state index is 15.5. The summed E-state index contributed by atoms with van der Waals surface area (Å²) in [6, 6.07) is 3.41. The zero-order valence-corrected chi connectivity index (χ0v) is 28.8. The number of nitrogens with one attached hydrogen (secondary N) is 3. The SMILES string of the molecule is CCN(C)S(=O)(=O)Nc1ccc(F)c(C(=O)c2c[nH]c3ncc(-c4cnc(N5CCC(CNCC(=O)OC(C)(C)C)CC5)nc4)cc23)c1F. The van der Waals surface area contributed by atoms with Crippen LogP contribution in [0.2, 0.25) is 0 Å². The second-order valence-corrected chi connectivity index (χ2v) is 14.7. The van der Waals surface area contributed by atoms with E-state index >= 15 is 4.39 Å². The maximum Gasteiger partial charge on any atom is 0.320 e. The smallest absolute Gasteiger partial charge is 0.320 e. The zero-order valence-electron chi connectivity index (χ0n) is 28.0. The minimum atomic E-state index is -4.13. The minimum Gasteiger partial charge on any atom is -0.459 e. The van der Waals surface area contributed by atoms with Crippen LogP contribution in [0.1, 0.15) is 56.5 Å². The Bertz CT molecular complexity index is 1940. The van der Waals surface area contributed by atoms with Crippen molar-refractivity contribution in [1.29, 1.82) is 0 Å². The molecule has 49 heavy (non-hydrogen) atoms. The molecule has 0 radical (unpaired) electrons. The zero-order chi connectivity index (χ0) is 35.5. The van der Waals surface area contributed by atoms with Gasteiger partial charge >= 0.3 is 16.2 Å². The highest BCUT2D eigenvalue weighted by atomic mass is 32.2. The molecule has 0 atom stereocenters. The van der Waals surface area contributed by atoms with Crippen LogP contribution < -0.4 is 14.9 Å². The van der Waals surface area contributed by atoms with Crippen LogP contribution in [0, 0.1) is 17.6 Å². The minimum absolute atomic E-state index is 0.0474. The van der Waals surface area contributed by atoms with Crippen LogP contribution in [0.25, 0.3) is 22.2 Å². The van der Waals surface area contributed by atoms with Crippen molar-refractivity contribution in [1.82, 2.24) is 29.6 Å². The number of aromatic amines is 1. The lowest BCUT2D eigenvalue weighted by Crippen LogP contribution is -2.39. The lowest BCUT2D eigenvalue weighted by atomic mass is 9.97. The number of ether oxygens (including phenoxy) is 1. The molecule has 0 unspecified atom stereocenters. The van der Waals surface area contributed by atoms with E-state index in [0.717, 1.165) is 42.4 Å². The molecule has 4 aromatic rings. The van der Waals surface area contributed by atoms with Gasteiger partial charge in [-0.2, -0.15) is 12.7 Å². The van der Waals surface area contributed by atoms with Gasteiger partial charge in [0.15, 0.2) is 5.82 Å². The molecule has 0 amide bonds. The van der Waals surface area contributed by atoms with E-state index in [-0.39, 0.29) is 24.6 Å². The summed E-state index contributed by atoms with van der Waals surface area (Å²) in [6.45, 7) is 9.62. The molecule has 0 bridgehead atoms. The molecule has 0 aliphatic carbocycles. The molecule has 5 rings (SSSR count). The monoisotopic (exact) mass is 698 g/mol. The first-order chi connectivity index (χ1) is 23.2. The number of ketones is 1. The van der Waals surface area contributed by atoms with E-state index < -0.39 is 44.5 Å². The summed E-state index contributed by atoms with van der Waals surface area (Å²) in [5.74, 6) is -2.75. The number of anilines is 2. The Kier molecular flexibility index (Phi) is 10.6. The van der Waals surface area contributed by atoms with Gasteiger partial charge in [0.2, 0.25) is 11.7 Å². The van der Waals surface area contributed by atoms with Gasteiger partial charge < -0.3 is 19.9 Å². The van der Waals surface area contributed by atoms with Crippen LogP contribution in [0.3, 0.4) is 0 Å². The number of aromatic nitrogens is 4. The molecule has 16 heteroatoms. The van der Waals surface area contributed by atoms with Gasteiger partial charge in [-0.15, -0.1) is 0 Å². The maximum atomic E-state index is 15.5. The number of nitrogens with zero attached hydrogens (tertiary/aromatic N) is 5. The molecule has 1 aromatic carbocycles. The van der Waals surface area contributed by atoms with Crippen LogP contribution in [-0.2, 0) is 19.7 Å². The second-order valence-electron chi connectivity index (χ2n) is 12.9. The van der Waals surface area contributed by atoms with E-state index in [1.165, 1.54) is 13.2 Å². The lowest BCUT2D eigenvalue weighted by Gasteiger charge is -2.32. The predicted molar refractivity (Wildman–Crippen MR) is 181 cm³/mol. The van der Waals surface area contributed by atoms with Gasteiger partial charge in [-0.25, -0.2) is 23.7 Å². The summed E-state index contributed by atoms with van der Waals surface area (Å²) in [6.07, 6.45) is 7.99. The van der Waals surface area contributed by atoms with Gasteiger partial charge in [0.05, 0.1) is 17.8 Å². The van der Waals surface area contributed by atoms with Crippen molar-refractivity contribution < 1.29 is 31.5 Å². The van der Waals surface area contributed by atoms with E-state index in [2.05, 4.69) is 34.9 Å². The molecule has 0 saturated carbocycles. The van der Waals surface area contributed by atoms with Crippen molar-refractivity contribution in [2.24, 2.45) is 5.92 Å². The number of benzene rings is 1. The van der Waals surface area contributed by atoms with Gasteiger partial charge in [-0.05, 0) is 64.3 Å². The van der Waals surface area contributed by atoms with E-state index in [4.69, 9.17) is 4.74 Å². The highest BCUT2D eigenvalue weighted by Crippen LogP contribution is 2.30. The normalized spacial score (nSPS) is 14.4. The summed E-state index contributed by atoms with van der Waals surface area (Å²) in [4.78, 5) is 43.9. The summed E-state index contributed by atoms with van der Waals surface area (Å²) in [5.41, 5.74) is -0.508. The van der Waals surface area contributed by atoms with Gasteiger partial charge in [-0.3, -0.25) is 14.3 Å². The van der Waals surface area contributed by atoms with Crippen molar-refractivity contribution >= 4 is 44.6 Å². The molecule has 1 aliphatic rings. The van der Waals surface area contributed by atoms with Crippen molar-refractivity contribution in [3.63, 3.8) is 0 Å². The van der Waals surface area contributed by atoms with Crippen LogP contribution in [0.4, 0.5) is 20.4 Å². The Morgan fingerprint density at radius 3 is 2.41 bits per heavy atom. The van der Waals surface area contributed by atoms with Gasteiger partial charge in [0.25, 0.3) is 0 Å². The fourth-order valence-corrected chi connectivity index (χ4v) is 6.37. The van der Waals surface area contributed by atoms with Crippen molar-refractivity contribution in [3.8, 4) is 11.1 Å². The summed E-state index contributed by atoms with van der Waals surface area (Å²) >= 11 is 0. The Morgan fingerprint density at radius 1 is 1.08 bits per heavy atom. The van der Waals surface area contributed by atoms with Gasteiger partial charge in [0.1, 0.15) is 17.1 Å². The third kappa shape index (κ3) is 8.37. The van der Waals surface area contributed by atoms with Crippen LogP contribution in [0.5, 0.6) is 0 Å². The number of pyridine rings is 1. The molecule has 1 fully saturated rings. The number of hydrogen-bond donors (Lipinski definition) is 3. The molecule has 0 spiro atoms. The molecular weight excluding hydrogens is 658 g/mol. The Balaban J connectivity index is 1.27. The van der Waals surface area contributed by atoms with Crippen molar-refractivity contribution in [2.45, 2.75) is 46.1 Å². The molecule has 1 saturated heterocycles. The number of hydrogen-bond acceptors (Lipinski definition) is 10. The summed E-state index contributed by atoms with van der Waals surface area (Å²) in [5, 5.41) is 3.50. The second kappa shape index (κ2) is 14.5. The van der Waals surface area contributed by atoms with E-state index in [9.17, 15) is 22.4 Å². The lowest BCUT2D eigenvalue weighted by molar-refractivity contribution is -0.153. The Morgan fingerprint density at radius 2 is 1.76 bits per heavy atom. The quantitative estimate of drug-likeness (QED) is 0.144.